The van der Waals surface area contributed by atoms with Crippen LogP contribution in [0.3, 0.4) is 0 Å². The summed E-state index contributed by atoms with van der Waals surface area (Å²) >= 11 is 0. The van der Waals surface area contributed by atoms with E-state index in [1.54, 1.807) is 0 Å². The van der Waals surface area contributed by atoms with Gasteiger partial charge in [0.1, 0.15) is 61.5 Å². The lowest BCUT2D eigenvalue weighted by Crippen LogP contribution is -2.65. The van der Waals surface area contributed by atoms with Crippen molar-refractivity contribution in [1.82, 2.24) is 0 Å². The molecule has 0 spiro atoms. The Morgan fingerprint density at radius 3 is 2.09 bits per heavy atom. The number of hydrogen-bond acceptors (Lipinski definition) is 16. The molecule has 3 aliphatic heterocycles. The molecule has 3 fully saturated rings. The van der Waals surface area contributed by atoms with Crippen LogP contribution < -0.4 is 0 Å². The molecule has 3 heterocycles. The molecule has 0 bridgehead atoms. The monoisotopic (exact) mass is 682 g/mol. The van der Waals surface area contributed by atoms with E-state index in [-0.39, 0.29) is 31.7 Å². The minimum atomic E-state index is -1.86. The van der Waals surface area contributed by atoms with E-state index >= 15 is 0 Å². The van der Waals surface area contributed by atoms with Crippen molar-refractivity contribution in [3.05, 3.63) is 0 Å². The van der Waals surface area contributed by atoms with Crippen LogP contribution >= 0.6 is 0 Å². The number of aliphatic hydroxyl groups is 6. The number of hydrogen-bond donors (Lipinski definition) is 6. The standard InChI is InChI=1S/C31H54O16/c1-6-8-10-17(9-7-2)44-30-27(22(35)18(33)12-41-30)47-31-28(24(37)20(14-42-31)43-16(5)32)46-29-26(39)25(38)23(36)19(45-29)13-40-21(34)11-15(3)4/h15,17-20,22-31,33,35-39H,6-14H2,1-5H3. The molecule has 47 heavy (non-hydrogen) atoms. The lowest BCUT2D eigenvalue weighted by molar-refractivity contribution is -0.380. The van der Waals surface area contributed by atoms with E-state index in [0.29, 0.717) is 6.42 Å². The summed E-state index contributed by atoms with van der Waals surface area (Å²) in [6, 6.07) is 0. The molecule has 14 unspecified atom stereocenters. The van der Waals surface area contributed by atoms with Crippen molar-refractivity contribution < 1.29 is 78.1 Å². The summed E-state index contributed by atoms with van der Waals surface area (Å²) in [5.74, 6) is -1.29. The van der Waals surface area contributed by atoms with Crippen LogP contribution in [0.1, 0.15) is 73.1 Å². The molecule has 0 aliphatic carbocycles. The molecule has 0 aromatic heterocycles. The highest BCUT2D eigenvalue weighted by Crippen LogP contribution is 2.32. The highest BCUT2D eigenvalue weighted by Gasteiger charge is 2.52. The van der Waals surface area contributed by atoms with Gasteiger partial charge in [-0.3, -0.25) is 9.59 Å². The molecule has 0 aromatic rings. The quantitative estimate of drug-likeness (QED) is 0.110. The smallest absolute Gasteiger partial charge is 0.306 e. The minimum absolute atomic E-state index is 0.00569. The first kappa shape index (κ1) is 39.9. The minimum Gasteiger partial charge on any atom is -0.463 e. The maximum absolute atomic E-state index is 12.1. The third kappa shape index (κ3) is 11.2. The van der Waals surface area contributed by atoms with E-state index in [1.165, 1.54) is 0 Å². The van der Waals surface area contributed by atoms with E-state index in [9.17, 15) is 40.2 Å². The molecule has 16 heteroatoms. The van der Waals surface area contributed by atoms with Gasteiger partial charge in [0.2, 0.25) is 0 Å². The molecular formula is C31H54O16. The first-order valence-corrected chi connectivity index (χ1v) is 16.5. The molecule has 0 radical (unpaired) electrons. The fourth-order valence-electron chi connectivity index (χ4n) is 5.63. The maximum atomic E-state index is 12.1. The molecule has 3 saturated heterocycles. The van der Waals surface area contributed by atoms with Gasteiger partial charge < -0.3 is 68.5 Å². The van der Waals surface area contributed by atoms with E-state index in [0.717, 1.165) is 32.6 Å². The molecule has 0 saturated carbocycles. The fraction of sp³-hybridized carbons (Fsp3) is 0.935. The Labute approximate surface area is 275 Å². The molecule has 3 rings (SSSR count). The molecule has 274 valence electrons. The predicted octanol–water partition coefficient (Wildman–Crippen LogP) is -0.744. The SMILES string of the molecule is CCCCC(CCC)OC1OCC(O)C(O)C1OC1OCC(OC(C)=O)C(O)C1OC1OC(COC(=O)CC(C)C)C(O)C(O)C1O. The second-order valence-electron chi connectivity index (χ2n) is 12.8. The first-order chi connectivity index (χ1) is 22.3. The van der Waals surface area contributed by atoms with E-state index in [2.05, 4.69) is 6.92 Å². The van der Waals surface area contributed by atoms with Crippen LogP contribution in [-0.4, -0.2) is 148 Å². The van der Waals surface area contributed by atoms with Gasteiger partial charge >= 0.3 is 11.9 Å². The highest BCUT2D eigenvalue weighted by molar-refractivity contribution is 5.69. The highest BCUT2D eigenvalue weighted by atomic mass is 16.8. The van der Waals surface area contributed by atoms with Gasteiger partial charge in [0, 0.05) is 13.3 Å². The fourth-order valence-corrected chi connectivity index (χ4v) is 5.63. The van der Waals surface area contributed by atoms with Crippen LogP contribution in [0.5, 0.6) is 0 Å². The first-order valence-electron chi connectivity index (χ1n) is 16.5. The molecule has 0 amide bonds. The van der Waals surface area contributed by atoms with Gasteiger partial charge in [-0.15, -0.1) is 0 Å². The summed E-state index contributed by atoms with van der Waals surface area (Å²) in [6.45, 7) is 7.76. The van der Waals surface area contributed by atoms with Crippen LogP contribution in [0.2, 0.25) is 0 Å². The molecule has 3 aliphatic rings. The zero-order valence-corrected chi connectivity index (χ0v) is 27.8. The Bertz CT molecular complexity index is 952. The summed E-state index contributed by atoms with van der Waals surface area (Å²) < 4.78 is 45.8. The predicted molar refractivity (Wildman–Crippen MR) is 159 cm³/mol. The van der Waals surface area contributed by atoms with Gasteiger partial charge in [-0.25, -0.2) is 0 Å². The number of aliphatic hydroxyl groups excluding tert-OH is 6. The third-order valence-corrected chi connectivity index (χ3v) is 8.21. The zero-order chi connectivity index (χ0) is 34.8. The number of carbonyl (C=O) groups excluding carboxylic acids is 2. The molecule has 16 nitrogen and oxygen atoms in total. The summed E-state index contributed by atoms with van der Waals surface area (Å²) in [5, 5.41) is 64.5. The average Bonchev–Trinajstić information content (AvgIpc) is 3.01. The summed E-state index contributed by atoms with van der Waals surface area (Å²) in [7, 11) is 0. The van der Waals surface area contributed by atoms with Gasteiger partial charge in [0.15, 0.2) is 25.0 Å². The van der Waals surface area contributed by atoms with Crippen molar-refractivity contribution in [3.8, 4) is 0 Å². The molecule has 14 atom stereocenters. The van der Waals surface area contributed by atoms with Gasteiger partial charge in [-0.1, -0.05) is 47.0 Å². The van der Waals surface area contributed by atoms with Crippen LogP contribution in [0, 0.1) is 5.92 Å². The molecular weight excluding hydrogens is 628 g/mol. The Kier molecular flexibility index (Phi) is 16.1. The Balaban J connectivity index is 1.83. The molecule has 0 aromatic carbocycles. The number of carbonyl (C=O) groups is 2. The number of rotatable bonds is 16. The van der Waals surface area contributed by atoms with E-state index < -0.39 is 98.5 Å². The van der Waals surface area contributed by atoms with E-state index in [1.807, 2.05) is 20.8 Å². The van der Waals surface area contributed by atoms with Crippen LogP contribution in [0.25, 0.3) is 0 Å². The van der Waals surface area contributed by atoms with Crippen LogP contribution in [-0.2, 0) is 47.5 Å². The largest absolute Gasteiger partial charge is 0.463 e. The van der Waals surface area contributed by atoms with Crippen molar-refractivity contribution in [1.29, 1.82) is 0 Å². The van der Waals surface area contributed by atoms with Crippen molar-refractivity contribution in [2.75, 3.05) is 19.8 Å². The summed E-state index contributed by atoms with van der Waals surface area (Å²) in [6.07, 6.45) is -15.8. The van der Waals surface area contributed by atoms with Gasteiger partial charge in [0.25, 0.3) is 0 Å². The normalized spacial score (nSPS) is 38.6. The van der Waals surface area contributed by atoms with Crippen molar-refractivity contribution in [2.45, 2.75) is 159 Å². The third-order valence-electron chi connectivity index (χ3n) is 8.21. The number of ether oxygens (including phenoxy) is 8. The Hall–Kier alpha value is -1.54. The summed E-state index contributed by atoms with van der Waals surface area (Å²) in [4.78, 5) is 23.9. The number of unbranched alkanes of at least 4 members (excludes halogenated alkanes) is 1. The second-order valence-corrected chi connectivity index (χ2v) is 12.8. The van der Waals surface area contributed by atoms with Gasteiger partial charge in [-0.2, -0.15) is 0 Å². The van der Waals surface area contributed by atoms with Crippen molar-refractivity contribution in [2.24, 2.45) is 5.92 Å². The Morgan fingerprint density at radius 2 is 1.45 bits per heavy atom. The average molecular weight is 683 g/mol. The van der Waals surface area contributed by atoms with Gasteiger partial charge in [-0.05, 0) is 18.8 Å². The zero-order valence-electron chi connectivity index (χ0n) is 27.8. The lowest BCUT2D eigenvalue weighted by Gasteiger charge is -2.46. The topological polar surface area (TPSA) is 229 Å². The number of esters is 2. The van der Waals surface area contributed by atoms with Crippen LogP contribution in [0.15, 0.2) is 0 Å². The second kappa shape index (κ2) is 19.0. The van der Waals surface area contributed by atoms with E-state index in [4.69, 9.17) is 37.9 Å². The van der Waals surface area contributed by atoms with Crippen molar-refractivity contribution in [3.63, 3.8) is 0 Å². The molecule has 6 N–H and O–H groups in total. The summed E-state index contributed by atoms with van der Waals surface area (Å²) in [5.41, 5.74) is 0. The lowest BCUT2D eigenvalue weighted by atomic mass is 9.98. The maximum Gasteiger partial charge on any atom is 0.306 e. The Morgan fingerprint density at radius 1 is 0.787 bits per heavy atom. The van der Waals surface area contributed by atoms with Gasteiger partial charge in [0.05, 0.1) is 19.3 Å². The van der Waals surface area contributed by atoms with Crippen LogP contribution in [0.4, 0.5) is 0 Å². The van der Waals surface area contributed by atoms with Crippen molar-refractivity contribution >= 4 is 11.9 Å².